The Morgan fingerprint density at radius 2 is 1.55 bits per heavy atom. The van der Waals surface area contributed by atoms with Gasteiger partial charge in [-0.2, -0.15) is 0 Å². The smallest absolute Gasteiger partial charge is 0.236 e. The quantitative estimate of drug-likeness (QED) is 0.742. The number of likely N-dealkylation sites (tertiary alicyclic amines) is 1. The van der Waals surface area contributed by atoms with Gasteiger partial charge in [0, 0.05) is 56.4 Å². The van der Waals surface area contributed by atoms with E-state index in [2.05, 4.69) is 23.6 Å². The molecule has 0 unspecified atom stereocenters. The second-order valence-electron chi connectivity index (χ2n) is 8.26. The average Bonchev–Trinajstić information content (AvgIpc) is 2.77. The highest BCUT2D eigenvalue weighted by molar-refractivity contribution is 5.78. The lowest BCUT2D eigenvalue weighted by molar-refractivity contribution is -0.134. The molecule has 3 fully saturated rings. The summed E-state index contributed by atoms with van der Waals surface area (Å²) in [6.45, 7) is 12.7. The molecular formula is C21H33N5O3. The number of aryl methyl sites for hydroxylation is 1. The van der Waals surface area contributed by atoms with Gasteiger partial charge in [-0.3, -0.25) is 9.69 Å². The predicted octanol–water partition coefficient (Wildman–Crippen LogP) is 0.968. The van der Waals surface area contributed by atoms with Gasteiger partial charge in [0.15, 0.2) is 0 Å². The van der Waals surface area contributed by atoms with E-state index in [0.29, 0.717) is 12.5 Å². The van der Waals surface area contributed by atoms with Gasteiger partial charge in [-0.15, -0.1) is 0 Å². The molecule has 4 heterocycles. The van der Waals surface area contributed by atoms with Crippen molar-refractivity contribution in [3.63, 3.8) is 0 Å². The maximum Gasteiger partial charge on any atom is 0.236 e. The highest BCUT2D eigenvalue weighted by Crippen LogP contribution is 2.29. The zero-order chi connectivity index (χ0) is 20.2. The number of carbonyl (C=O) groups is 1. The topological polar surface area (TPSA) is 71.0 Å². The molecule has 1 amide bonds. The third kappa shape index (κ3) is 4.87. The number of carbonyl (C=O) groups excluding carboxylic acids is 1. The minimum Gasteiger partial charge on any atom is -0.379 e. The van der Waals surface area contributed by atoms with Crippen LogP contribution in [0.4, 0.5) is 5.82 Å². The van der Waals surface area contributed by atoms with Crippen LogP contribution in [0.2, 0.25) is 0 Å². The second-order valence-corrected chi connectivity index (χ2v) is 8.26. The van der Waals surface area contributed by atoms with Crippen molar-refractivity contribution in [1.29, 1.82) is 0 Å². The zero-order valence-electron chi connectivity index (χ0n) is 17.7. The number of rotatable bonds is 4. The lowest BCUT2D eigenvalue weighted by atomic mass is 9.95. The van der Waals surface area contributed by atoms with Crippen molar-refractivity contribution in [3.05, 3.63) is 17.1 Å². The van der Waals surface area contributed by atoms with Crippen molar-refractivity contribution >= 4 is 11.7 Å². The summed E-state index contributed by atoms with van der Waals surface area (Å²) < 4.78 is 10.9. The third-order valence-electron chi connectivity index (χ3n) is 6.37. The van der Waals surface area contributed by atoms with Gasteiger partial charge in [-0.25, -0.2) is 9.97 Å². The van der Waals surface area contributed by atoms with E-state index in [9.17, 15) is 4.79 Å². The maximum absolute atomic E-state index is 12.7. The Labute approximate surface area is 173 Å². The van der Waals surface area contributed by atoms with E-state index in [1.54, 1.807) is 0 Å². The van der Waals surface area contributed by atoms with Crippen molar-refractivity contribution in [2.45, 2.75) is 32.6 Å². The number of anilines is 1. The van der Waals surface area contributed by atoms with E-state index in [1.807, 2.05) is 4.90 Å². The fraction of sp³-hybridized carbons (Fsp3) is 0.762. The predicted molar refractivity (Wildman–Crippen MR) is 110 cm³/mol. The van der Waals surface area contributed by atoms with Crippen molar-refractivity contribution in [2.75, 3.05) is 77.1 Å². The molecule has 8 nitrogen and oxygen atoms in total. The first-order valence-corrected chi connectivity index (χ1v) is 10.9. The summed E-state index contributed by atoms with van der Waals surface area (Å²) in [4.78, 5) is 29.0. The molecule has 0 aliphatic carbocycles. The number of amides is 1. The van der Waals surface area contributed by atoms with Crippen molar-refractivity contribution in [3.8, 4) is 0 Å². The normalized spacial score (nSPS) is 22.1. The molecule has 0 aromatic carbocycles. The van der Waals surface area contributed by atoms with Gasteiger partial charge < -0.3 is 19.3 Å². The molecular weight excluding hydrogens is 370 g/mol. The Balaban J connectivity index is 1.37. The van der Waals surface area contributed by atoms with Gasteiger partial charge >= 0.3 is 0 Å². The first-order chi connectivity index (χ1) is 14.1. The Kier molecular flexibility index (Phi) is 6.62. The first kappa shape index (κ1) is 20.5. The molecule has 0 spiro atoms. The van der Waals surface area contributed by atoms with Crippen LogP contribution in [0.5, 0.6) is 0 Å². The molecule has 0 bridgehead atoms. The maximum atomic E-state index is 12.7. The zero-order valence-corrected chi connectivity index (χ0v) is 17.7. The van der Waals surface area contributed by atoms with E-state index < -0.39 is 0 Å². The van der Waals surface area contributed by atoms with Crippen LogP contribution in [0.3, 0.4) is 0 Å². The third-order valence-corrected chi connectivity index (χ3v) is 6.37. The standard InChI is InChI=1S/C21H33N5O3/c1-16-17(2)22-20(23-21(16)26-9-13-29-14-10-26)18-3-5-25(6-4-18)19(27)15-24-7-11-28-12-8-24/h18H,3-15H2,1-2H3. The number of hydrogen-bond acceptors (Lipinski definition) is 7. The highest BCUT2D eigenvalue weighted by atomic mass is 16.5. The largest absolute Gasteiger partial charge is 0.379 e. The van der Waals surface area contributed by atoms with E-state index in [0.717, 1.165) is 101 Å². The average molecular weight is 404 g/mol. The van der Waals surface area contributed by atoms with Crippen LogP contribution in [0.15, 0.2) is 0 Å². The fourth-order valence-corrected chi connectivity index (χ4v) is 4.34. The molecule has 0 saturated carbocycles. The molecule has 8 heteroatoms. The first-order valence-electron chi connectivity index (χ1n) is 10.9. The Morgan fingerprint density at radius 1 is 0.931 bits per heavy atom. The van der Waals surface area contributed by atoms with Crippen LogP contribution in [-0.2, 0) is 14.3 Å². The lowest BCUT2D eigenvalue weighted by Crippen LogP contribution is -2.47. The summed E-state index contributed by atoms with van der Waals surface area (Å²) in [6, 6.07) is 0. The van der Waals surface area contributed by atoms with E-state index in [1.165, 1.54) is 0 Å². The van der Waals surface area contributed by atoms with Crippen LogP contribution < -0.4 is 4.90 Å². The van der Waals surface area contributed by atoms with E-state index in [-0.39, 0.29) is 5.91 Å². The van der Waals surface area contributed by atoms with E-state index in [4.69, 9.17) is 19.4 Å². The number of hydrogen-bond donors (Lipinski definition) is 0. The van der Waals surface area contributed by atoms with Crippen LogP contribution in [0.25, 0.3) is 0 Å². The summed E-state index contributed by atoms with van der Waals surface area (Å²) in [7, 11) is 0. The van der Waals surface area contributed by atoms with Crippen LogP contribution in [0, 0.1) is 13.8 Å². The molecule has 0 N–H and O–H groups in total. The number of ether oxygens (including phenoxy) is 2. The van der Waals surface area contributed by atoms with Crippen LogP contribution >= 0.6 is 0 Å². The molecule has 3 aliphatic heterocycles. The molecule has 160 valence electrons. The van der Waals surface area contributed by atoms with Crippen molar-refractivity contribution in [2.24, 2.45) is 0 Å². The van der Waals surface area contributed by atoms with Gasteiger partial charge in [-0.1, -0.05) is 0 Å². The SMILES string of the molecule is Cc1nc(C2CCN(C(=O)CN3CCOCC3)CC2)nc(N2CCOCC2)c1C. The summed E-state index contributed by atoms with van der Waals surface area (Å²) in [6.07, 6.45) is 1.86. The molecule has 29 heavy (non-hydrogen) atoms. The minimum absolute atomic E-state index is 0.236. The van der Waals surface area contributed by atoms with Gasteiger partial charge in [0.25, 0.3) is 0 Å². The summed E-state index contributed by atoms with van der Waals surface area (Å²) in [5.41, 5.74) is 2.22. The molecule has 3 aliphatic rings. The molecule has 1 aromatic rings. The molecule has 0 radical (unpaired) electrons. The fourth-order valence-electron chi connectivity index (χ4n) is 4.34. The number of piperidine rings is 1. The lowest BCUT2D eigenvalue weighted by Gasteiger charge is -2.34. The molecule has 3 saturated heterocycles. The Bertz CT molecular complexity index is 709. The molecule has 4 rings (SSSR count). The van der Waals surface area contributed by atoms with Crippen molar-refractivity contribution < 1.29 is 14.3 Å². The Hall–Kier alpha value is -1.77. The summed E-state index contributed by atoms with van der Waals surface area (Å²) in [5, 5.41) is 0. The van der Waals surface area contributed by atoms with E-state index >= 15 is 0 Å². The Morgan fingerprint density at radius 3 is 2.21 bits per heavy atom. The monoisotopic (exact) mass is 403 g/mol. The van der Waals surface area contributed by atoms with Gasteiger partial charge in [-0.05, 0) is 26.7 Å². The molecule has 0 atom stereocenters. The summed E-state index contributed by atoms with van der Waals surface area (Å²) in [5.74, 6) is 2.55. The van der Waals surface area contributed by atoms with Gasteiger partial charge in [0.05, 0.1) is 33.0 Å². The van der Waals surface area contributed by atoms with Crippen LogP contribution in [-0.4, -0.2) is 97.9 Å². The van der Waals surface area contributed by atoms with Gasteiger partial charge in [0.2, 0.25) is 5.91 Å². The highest BCUT2D eigenvalue weighted by Gasteiger charge is 2.28. The minimum atomic E-state index is 0.236. The number of aromatic nitrogens is 2. The van der Waals surface area contributed by atoms with Crippen molar-refractivity contribution in [1.82, 2.24) is 19.8 Å². The van der Waals surface area contributed by atoms with Crippen LogP contribution in [0.1, 0.15) is 35.8 Å². The summed E-state index contributed by atoms with van der Waals surface area (Å²) >= 11 is 0. The second kappa shape index (κ2) is 9.36. The van der Waals surface area contributed by atoms with Gasteiger partial charge in [0.1, 0.15) is 11.6 Å². The molecule has 1 aromatic heterocycles. The number of morpholine rings is 2. The number of nitrogens with zero attached hydrogens (tertiary/aromatic N) is 5.